The molecule has 1 heterocycles. The quantitative estimate of drug-likeness (QED) is 0.698. The number of halogens is 1. The minimum Gasteiger partial charge on any atom is -0.296 e. The summed E-state index contributed by atoms with van der Waals surface area (Å²) in [6.07, 6.45) is 0.613. The lowest BCUT2D eigenvalue weighted by atomic mass is 10.3. The van der Waals surface area contributed by atoms with Gasteiger partial charge in [-0.2, -0.15) is 0 Å². The summed E-state index contributed by atoms with van der Waals surface area (Å²) < 4.78 is 14.6. The van der Waals surface area contributed by atoms with Crippen molar-refractivity contribution in [3.05, 3.63) is 41.5 Å². The molecule has 0 bridgehead atoms. The molecule has 4 nitrogen and oxygen atoms in total. The molecule has 0 spiro atoms. The lowest BCUT2D eigenvalue weighted by Crippen LogP contribution is -2.04. The maximum absolute atomic E-state index is 13.4. The van der Waals surface area contributed by atoms with Gasteiger partial charge in [0.05, 0.1) is 5.69 Å². The number of para-hydroxylation sites is 1. The fraction of sp³-hybridized carbons (Fsp3) is 0.100. The van der Waals surface area contributed by atoms with Crippen LogP contribution in [0, 0.1) is 12.7 Å². The van der Waals surface area contributed by atoms with Crippen LogP contribution in [-0.4, -0.2) is 21.3 Å². The number of benzene rings is 1. The number of nitrogens with zero attached hydrogens (tertiary/aromatic N) is 3. The molecule has 0 radical (unpaired) electrons. The Balaban J connectivity index is 2.64. The zero-order valence-corrected chi connectivity index (χ0v) is 8.01. The number of carbonyl (C=O) groups excluding carboxylic acids is 1. The SMILES string of the molecule is Cc1nnn(-c2ccccc2F)c1C=O. The van der Waals surface area contributed by atoms with Crippen molar-refractivity contribution in [2.75, 3.05) is 0 Å². The molecule has 1 aromatic heterocycles. The van der Waals surface area contributed by atoms with E-state index in [0.29, 0.717) is 12.0 Å². The molecular weight excluding hydrogens is 197 g/mol. The Kier molecular flexibility index (Phi) is 2.29. The molecule has 5 heteroatoms. The van der Waals surface area contributed by atoms with Crippen LogP contribution in [0.15, 0.2) is 24.3 Å². The monoisotopic (exact) mass is 205 g/mol. The second-order valence-corrected chi connectivity index (χ2v) is 3.04. The first-order valence-corrected chi connectivity index (χ1v) is 4.36. The molecular formula is C10H8FN3O. The van der Waals surface area contributed by atoms with E-state index >= 15 is 0 Å². The van der Waals surface area contributed by atoms with Crippen LogP contribution in [0.5, 0.6) is 0 Å². The maximum Gasteiger partial charge on any atom is 0.170 e. The molecule has 0 saturated heterocycles. The number of aryl methyl sites for hydroxylation is 1. The Labute approximate surface area is 85.3 Å². The minimum atomic E-state index is -0.439. The third-order valence-corrected chi connectivity index (χ3v) is 2.08. The lowest BCUT2D eigenvalue weighted by molar-refractivity contribution is 0.111. The van der Waals surface area contributed by atoms with Crippen molar-refractivity contribution in [2.24, 2.45) is 0 Å². The van der Waals surface area contributed by atoms with Gasteiger partial charge in [0.15, 0.2) is 6.29 Å². The van der Waals surface area contributed by atoms with Gasteiger partial charge in [-0.05, 0) is 19.1 Å². The van der Waals surface area contributed by atoms with Gasteiger partial charge in [-0.25, -0.2) is 9.07 Å². The van der Waals surface area contributed by atoms with Gasteiger partial charge in [-0.15, -0.1) is 5.10 Å². The average Bonchev–Trinajstić information content (AvgIpc) is 2.60. The highest BCUT2D eigenvalue weighted by atomic mass is 19.1. The van der Waals surface area contributed by atoms with Crippen molar-refractivity contribution < 1.29 is 9.18 Å². The first-order valence-electron chi connectivity index (χ1n) is 4.36. The van der Waals surface area contributed by atoms with Crippen molar-refractivity contribution in [3.8, 4) is 5.69 Å². The van der Waals surface area contributed by atoms with Crippen molar-refractivity contribution in [3.63, 3.8) is 0 Å². The van der Waals surface area contributed by atoms with Gasteiger partial charge in [0.25, 0.3) is 0 Å². The summed E-state index contributed by atoms with van der Waals surface area (Å²) in [5.41, 5.74) is 0.966. The van der Waals surface area contributed by atoms with E-state index < -0.39 is 5.82 Å². The van der Waals surface area contributed by atoms with Gasteiger partial charge in [0.2, 0.25) is 0 Å². The molecule has 0 aliphatic rings. The topological polar surface area (TPSA) is 47.8 Å². The molecule has 2 rings (SSSR count). The Morgan fingerprint density at radius 2 is 2.13 bits per heavy atom. The summed E-state index contributed by atoms with van der Waals surface area (Å²) >= 11 is 0. The van der Waals surface area contributed by atoms with Crippen LogP contribution in [0.25, 0.3) is 5.69 Å². The molecule has 2 aromatic rings. The third-order valence-electron chi connectivity index (χ3n) is 2.08. The summed E-state index contributed by atoms with van der Waals surface area (Å²) in [4.78, 5) is 10.8. The number of aldehydes is 1. The van der Waals surface area contributed by atoms with E-state index in [1.807, 2.05) is 0 Å². The second kappa shape index (κ2) is 3.61. The van der Waals surface area contributed by atoms with E-state index in [1.54, 1.807) is 19.1 Å². The van der Waals surface area contributed by atoms with E-state index in [9.17, 15) is 9.18 Å². The zero-order chi connectivity index (χ0) is 10.8. The largest absolute Gasteiger partial charge is 0.296 e. The smallest absolute Gasteiger partial charge is 0.170 e. The number of rotatable bonds is 2. The van der Waals surface area contributed by atoms with Crippen molar-refractivity contribution in [1.29, 1.82) is 0 Å². The van der Waals surface area contributed by atoms with Crippen LogP contribution in [0.3, 0.4) is 0 Å². The second-order valence-electron chi connectivity index (χ2n) is 3.04. The summed E-state index contributed by atoms with van der Waals surface area (Å²) in [7, 11) is 0. The van der Waals surface area contributed by atoms with Crippen molar-refractivity contribution in [2.45, 2.75) is 6.92 Å². The van der Waals surface area contributed by atoms with Crippen molar-refractivity contribution >= 4 is 6.29 Å². The van der Waals surface area contributed by atoms with Crippen LogP contribution in [0.1, 0.15) is 16.2 Å². The Morgan fingerprint density at radius 1 is 1.40 bits per heavy atom. The number of hydrogen-bond donors (Lipinski definition) is 0. The van der Waals surface area contributed by atoms with Crippen molar-refractivity contribution in [1.82, 2.24) is 15.0 Å². The maximum atomic E-state index is 13.4. The standard InChI is InChI=1S/C10H8FN3O/c1-7-10(6-15)14(13-12-7)9-5-3-2-4-8(9)11/h2-6H,1H3. The number of aromatic nitrogens is 3. The van der Waals surface area contributed by atoms with Gasteiger partial charge in [0.1, 0.15) is 17.2 Å². The fourth-order valence-electron chi connectivity index (χ4n) is 1.30. The molecule has 0 atom stereocenters. The summed E-state index contributed by atoms with van der Waals surface area (Å²) in [6, 6.07) is 6.09. The molecule has 0 amide bonds. The van der Waals surface area contributed by atoms with Gasteiger partial charge in [-0.3, -0.25) is 4.79 Å². The summed E-state index contributed by atoms with van der Waals surface area (Å²) in [5.74, 6) is -0.439. The predicted octanol–water partition coefficient (Wildman–Crippen LogP) is 1.53. The molecule has 15 heavy (non-hydrogen) atoms. The molecule has 0 unspecified atom stereocenters. The van der Waals surface area contributed by atoms with E-state index in [2.05, 4.69) is 10.3 Å². The molecule has 76 valence electrons. The van der Waals surface area contributed by atoms with Crippen LogP contribution in [0.2, 0.25) is 0 Å². The number of hydrogen-bond acceptors (Lipinski definition) is 3. The Morgan fingerprint density at radius 3 is 2.80 bits per heavy atom. The third kappa shape index (κ3) is 1.52. The fourth-order valence-corrected chi connectivity index (χ4v) is 1.30. The Bertz CT molecular complexity index is 507. The first-order chi connectivity index (χ1) is 7.24. The summed E-state index contributed by atoms with van der Waals surface area (Å²) in [5, 5.41) is 7.43. The van der Waals surface area contributed by atoms with Crippen LogP contribution < -0.4 is 0 Å². The molecule has 0 N–H and O–H groups in total. The van der Waals surface area contributed by atoms with E-state index in [1.165, 1.54) is 16.8 Å². The van der Waals surface area contributed by atoms with Crippen LogP contribution in [-0.2, 0) is 0 Å². The van der Waals surface area contributed by atoms with E-state index in [4.69, 9.17) is 0 Å². The van der Waals surface area contributed by atoms with Crippen LogP contribution >= 0.6 is 0 Å². The Hall–Kier alpha value is -2.04. The number of carbonyl (C=O) groups is 1. The summed E-state index contributed by atoms with van der Waals surface area (Å²) in [6.45, 7) is 1.65. The predicted molar refractivity (Wildman–Crippen MR) is 51.4 cm³/mol. The van der Waals surface area contributed by atoms with Gasteiger partial charge >= 0.3 is 0 Å². The van der Waals surface area contributed by atoms with Gasteiger partial charge < -0.3 is 0 Å². The molecule has 0 saturated carbocycles. The van der Waals surface area contributed by atoms with Gasteiger partial charge in [0, 0.05) is 0 Å². The zero-order valence-electron chi connectivity index (χ0n) is 8.01. The lowest BCUT2D eigenvalue weighted by Gasteiger charge is -2.02. The average molecular weight is 205 g/mol. The minimum absolute atomic E-state index is 0.222. The van der Waals surface area contributed by atoms with Crippen LogP contribution in [0.4, 0.5) is 4.39 Å². The molecule has 0 aliphatic carbocycles. The van der Waals surface area contributed by atoms with E-state index in [-0.39, 0.29) is 11.4 Å². The molecule has 0 fully saturated rings. The molecule has 0 aliphatic heterocycles. The highest BCUT2D eigenvalue weighted by molar-refractivity contribution is 5.74. The van der Waals surface area contributed by atoms with E-state index in [0.717, 1.165) is 0 Å². The normalized spacial score (nSPS) is 10.3. The first kappa shape index (κ1) is 9.51. The highest BCUT2D eigenvalue weighted by Crippen LogP contribution is 2.14. The van der Waals surface area contributed by atoms with Gasteiger partial charge in [-0.1, -0.05) is 17.3 Å². The molecule has 1 aromatic carbocycles. The highest BCUT2D eigenvalue weighted by Gasteiger charge is 2.12.